The molecule has 2 N–H and O–H groups in total. The van der Waals surface area contributed by atoms with E-state index in [1.165, 1.54) is 51.4 Å². The van der Waals surface area contributed by atoms with E-state index >= 15 is 0 Å². The molecule has 0 radical (unpaired) electrons. The van der Waals surface area contributed by atoms with Gasteiger partial charge in [0.1, 0.15) is 0 Å². The third-order valence-corrected chi connectivity index (χ3v) is 3.24. The molecule has 0 unspecified atom stereocenters. The molecule has 0 aliphatic rings. The number of hydrogen-bond donors (Lipinski definition) is 2. The van der Waals surface area contributed by atoms with Crippen molar-refractivity contribution >= 4 is 0 Å². The Labute approximate surface area is 126 Å². The first kappa shape index (κ1) is 19.6. The molecule has 0 aromatic rings. The molecule has 0 fully saturated rings. The van der Waals surface area contributed by atoms with Crippen LogP contribution in [0.5, 0.6) is 0 Å². The van der Waals surface area contributed by atoms with Crippen molar-refractivity contribution in [2.24, 2.45) is 0 Å². The van der Waals surface area contributed by atoms with Gasteiger partial charge >= 0.3 is 0 Å². The molecule has 0 rings (SSSR count). The van der Waals surface area contributed by atoms with Crippen LogP contribution in [-0.2, 0) is 4.74 Å². The number of ether oxygens (including phenoxy) is 1. The minimum atomic E-state index is 0.807. The molecular weight excluding hydrogens is 248 g/mol. The SMILES string of the molecule is CCCCCC/C=C\CCCCNCNCCOCC. The first-order chi connectivity index (χ1) is 9.91. The first-order valence-electron chi connectivity index (χ1n) is 8.56. The Balaban J connectivity index is 3.00. The molecular formula is C17H36N2O. The van der Waals surface area contributed by atoms with E-state index in [0.717, 1.165) is 33.0 Å². The Morgan fingerprint density at radius 3 is 2.20 bits per heavy atom. The van der Waals surface area contributed by atoms with E-state index in [4.69, 9.17) is 4.74 Å². The molecule has 0 saturated carbocycles. The fourth-order valence-corrected chi connectivity index (χ4v) is 1.99. The van der Waals surface area contributed by atoms with E-state index in [2.05, 4.69) is 29.7 Å². The molecule has 0 amide bonds. The van der Waals surface area contributed by atoms with E-state index < -0.39 is 0 Å². The topological polar surface area (TPSA) is 33.3 Å². The van der Waals surface area contributed by atoms with Crippen molar-refractivity contribution in [2.75, 3.05) is 33.0 Å². The van der Waals surface area contributed by atoms with Gasteiger partial charge in [0.15, 0.2) is 0 Å². The van der Waals surface area contributed by atoms with Gasteiger partial charge in [-0.1, -0.05) is 38.3 Å². The van der Waals surface area contributed by atoms with Gasteiger partial charge in [0.25, 0.3) is 0 Å². The molecule has 3 heteroatoms. The van der Waals surface area contributed by atoms with Crippen molar-refractivity contribution in [3.63, 3.8) is 0 Å². The molecule has 0 bridgehead atoms. The van der Waals surface area contributed by atoms with Gasteiger partial charge in [-0.3, -0.25) is 0 Å². The van der Waals surface area contributed by atoms with Gasteiger partial charge in [-0.15, -0.1) is 0 Å². The van der Waals surface area contributed by atoms with Crippen LogP contribution in [-0.4, -0.2) is 33.0 Å². The minimum Gasteiger partial charge on any atom is -0.380 e. The Kier molecular flexibility index (Phi) is 18.3. The highest BCUT2D eigenvalue weighted by molar-refractivity contribution is 4.81. The van der Waals surface area contributed by atoms with Crippen LogP contribution in [0.2, 0.25) is 0 Å². The fraction of sp³-hybridized carbons (Fsp3) is 0.882. The summed E-state index contributed by atoms with van der Waals surface area (Å²) in [5, 5.41) is 6.70. The maximum atomic E-state index is 5.25. The van der Waals surface area contributed by atoms with Crippen molar-refractivity contribution in [2.45, 2.75) is 65.2 Å². The van der Waals surface area contributed by atoms with Gasteiger partial charge in [0, 0.05) is 19.8 Å². The predicted molar refractivity (Wildman–Crippen MR) is 89.1 cm³/mol. The lowest BCUT2D eigenvalue weighted by atomic mass is 10.1. The zero-order valence-corrected chi connectivity index (χ0v) is 13.8. The highest BCUT2D eigenvalue weighted by atomic mass is 16.5. The monoisotopic (exact) mass is 284 g/mol. The van der Waals surface area contributed by atoms with Crippen molar-refractivity contribution in [1.82, 2.24) is 10.6 Å². The molecule has 0 heterocycles. The summed E-state index contributed by atoms with van der Waals surface area (Å²) < 4.78 is 5.25. The predicted octanol–water partition coefficient (Wildman–Crippen LogP) is 3.86. The van der Waals surface area contributed by atoms with Gasteiger partial charge in [0.2, 0.25) is 0 Å². The standard InChI is InChI=1S/C17H36N2O/c1-3-5-6-7-8-9-10-11-12-13-14-18-17-19-15-16-20-4-2/h9-10,18-19H,3-8,11-17H2,1-2H3/b10-9-. The second kappa shape index (κ2) is 18.6. The largest absolute Gasteiger partial charge is 0.380 e. The Hall–Kier alpha value is -0.380. The lowest BCUT2D eigenvalue weighted by Gasteiger charge is -2.06. The number of allylic oxidation sites excluding steroid dienone is 2. The molecule has 0 aliphatic carbocycles. The first-order valence-corrected chi connectivity index (χ1v) is 8.56. The molecule has 20 heavy (non-hydrogen) atoms. The van der Waals surface area contributed by atoms with Gasteiger partial charge in [-0.05, 0) is 45.6 Å². The summed E-state index contributed by atoms with van der Waals surface area (Å²) in [6.07, 6.45) is 15.2. The van der Waals surface area contributed by atoms with Crippen LogP contribution in [0.4, 0.5) is 0 Å². The number of rotatable bonds is 16. The van der Waals surface area contributed by atoms with Crippen LogP contribution >= 0.6 is 0 Å². The summed E-state index contributed by atoms with van der Waals surface area (Å²) in [6, 6.07) is 0. The van der Waals surface area contributed by atoms with E-state index in [1.807, 2.05) is 6.92 Å². The van der Waals surface area contributed by atoms with Crippen molar-refractivity contribution in [3.8, 4) is 0 Å². The van der Waals surface area contributed by atoms with Crippen LogP contribution in [0.1, 0.15) is 65.2 Å². The van der Waals surface area contributed by atoms with Gasteiger partial charge in [0.05, 0.1) is 6.61 Å². The van der Waals surface area contributed by atoms with Gasteiger partial charge < -0.3 is 15.4 Å². The maximum Gasteiger partial charge on any atom is 0.0591 e. The minimum absolute atomic E-state index is 0.807. The van der Waals surface area contributed by atoms with Crippen LogP contribution in [0.15, 0.2) is 12.2 Å². The lowest BCUT2D eigenvalue weighted by molar-refractivity contribution is 0.149. The van der Waals surface area contributed by atoms with Crippen LogP contribution in [0, 0.1) is 0 Å². The highest BCUT2D eigenvalue weighted by Crippen LogP contribution is 2.04. The normalized spacial score (nSPS) is 11.5. The summed E-state index contributed by atoms with van der Waals surface area (Å²) in [7, 11) is 0. The van der Waals surface area contributed by atoms with E-state index in [0.29, 0.717) is 0 Å². The van der Waals surface area contributed by atoms with Crippen molar-refractivity contribution in [3.05, 3.63) is 12.2 Å². The number of unbranched alkanes of at least 4 members (excludes halogenated alkanes) is 6. The maximum absolute atomic E-state index is 5.25. The smallest absolute Gasteiger partial charge is 0.0591 e. The van der Waals surface area contributed by atoms with Crippen LogP contribution < -0.4 is 10.6 Å². The Bertz CT molecular complexity index is 195. The average molecular weight is 284 g/mol. The van der Waals surface area contributed by atoms with Crippen molar-refractivity contribution in [1.29, 1.82) is 0 Å². The number of hydrogen-bond acceptors (Lipinski definition) is 3. The van der Waals surface area contributed by atoms with Crippen LogP contribution in [0.3, 0.4) is 0 Å². The van der Waals surface area contributed by atoms with Gasteiger partial charge in [-0.2, -0.15) is 0 Å². The lowest BCUT2D eigenvalue weighted by Crippen LogP contribution is -2.31. The van der Waals surface area contributed by atoms with Crippen LogP contribution in [0.25, 0.3) is 0 Å². The van der Waals surface area contributed by atoms with Gasteiger partial charge in [-0.25, -0.2) is 0 Å². The zero-order valence-electron chi connectivity index (χ0n) is 13.8. The molecule has 120 valence electrons. The second-order valence-electron chi connectivity index (χ2n) is 5.19. The third kappa shape index (κ3) is 17.6. The Morgan fingerprint density at radius 1 is 0.800 bits per heavy atom. The summed E-state index contributed by atoms with van der Waals surface area (Å²) >= 11 is 0. The quantitative estimate of drug-likeness (QED) is 0.256. The summed E-state index contributed by atoms with van der Waals surface area (Å²) in [5.41, 5.74) is 0. The Morgan fingerprint density at radius 2 is 1.50 bits per heavy atom. The molecule has 0 spiro atoms. The van der Waals surface area contributed by atoms with E-state index in [9.17, 15) is 0 Å². The molecule has 0 aromatic heterocycles. The number of nitrogens with one attached hydrogen (secondary N) is 2. The zero-order chi connectivity index (χ0) is 14.7. The third-order valence-electron chi connectivity index (χ3n) is 3.24. The van der Waals surface area contributed by atoms with E-state index in [-0.39, 0.29) is 0 Å². The summed E-state index contributed by atoms with van der Waals surface area (Å²) in [6.45, 7) is 8.83. The second-order valence-corrected chi connectivity index (χ2v) is 5.19. The summed E-state index contributed by atoms with van der Waals surface area (Å²) in [5.74, 6) is 0. The average Bonchev–Trinajstić information content (AvgIpc) is 2.47. The molecule has 3 nitrogen and oxygen atoms in total. The molecule has 0 aromatic carbocycles. The molecule has 0 atom stereocenters. The molecule has 0 saturated heterocycles. The fourth-order valence-electron chi connectivity index (χ4n) is 1.99. The summed E-state index contributed by atoms with van der Waals surface area (Å²) in [4.78, 5) is 0. The van der Waals surface area contributed by atoms with Crippen molar-refractivity contribution < 1.29 is 4.74 Å². The highest BCUT2D eigenvalue weighted by Gasteiger charge is 1.89. The van der Waals surface area contributed by atoms with E-state index in [1.54, 1.807) is 0 Å². The molecule has 0 aliphatic heterocycles.